The van der Waals surface area contributed by atoms with Gasteiger partial charge in [-0.1, -0.05) is 19.8 Å². The summed E-state index contributed by atoms with van der Waals surface area (Å²) >= 11 is 1.53. The minimum atomic E-state index is -0.907. The third-order valence-electron chi connectivity index (χ3n) is 3.30. The number of hydrogen-bond acceptors (Lipinski definition) is 2. The lowest BCUT2D eigenvalue weighted by atomic mass is 10.1. The van der Waals surface area contributed by atoms with Crippen LogP contribution in [0.3, 0.4) is 0 Å². The highest BCUT2D eigenvalue weighted by Crippen LogP contribution is 2.34. The summed E-state index contributed by atoms with van der Waals surface area (Å²) in [6, 6.07) is 6.95. The Kier molecular flexibility index (Phi) is 5.74. The zero-order valence-electron chi connectivity index (χ0n) is 12.4. The van der Waals surface area contributed by atoms with Gasteiger partial charge in [0.15, 0.2) is 11.6 Å². The van der Waals surface area contributed by atoms with Crippen LogP contribution in [0.25, 0.3) is 10.4 Å². The predicted molar refractivity (Wildman–Crippen MR) is 84.1 cm³/mol. The molecule has 0 fully saturated rings. The van der Waals surface area contributed by atoms with Gasteiger partial charge in [0, 0.05) is 15.3 Å². The molecular weight excluding hydrogens is 290 g/mol. The summed E-state index contributed by atoms with van der Waals surface area (Å²) in [5.74, 6) is -1.77. The van der Waals surface area contributed by atoms with Crippen molar-refractivity contribution in [2.45, 2.75) is 39.5 Å². The van der Waals surface area contributed by atoms with Gasteiger partial charge in [0.25, 0.3) is 0 Å². The average Bonchev–Trinajstić information content (AvgIpc) is 2.93. The number of aryl methyl sites for hydroxylation is 1. The Morgan fingerprint density at radius 1 is 1.00 bits per heavy atom. The van der Waals surface area contributed by atoms with Crippen LogP contribution in [0, 0.1) is 11.6 Å². The van der Waals surface area contributed by atoms with Crippen molar-refractivity contribution in [2.75, 3.05) is 6.61 Å². The van der Waals surface area contributed by atoms with Gasteiger partial charge in [-0.15, -0.1) is 11.3 Å². The molecule has 0 saturated carbocycles. The molecule has 21 heavy (non-hydrogen) atoms. The second kappa shape index (κ2) is 7.55. The topological polar surface area (TPSA) is 9.23 Å². The number of unbranched alkanes of at least 4 members (excludes halogenated alkanes) is 2. The highest BCUT2D eigenvalue weighted by Gasteiger charge is 2.16. The van der Waals surface area contributed by atoms with Gasteiger partial charge in [-0.25, -0.2) is 4.39 Å². The van der Waals surface area contributed by atoms with Crippen molar-refractivity contribution in [1.29, 1.82) is 0 Å². The van der Waals surface area contributed by atoms with Gasteiger partial charge in [0.1, 0.15) is 0 Å². The van der Waals surface area contributed by atoms with Crippen LogP contribution in [0.15, 0.2) is 24.3 Å². The van der Waals surface area contributed by atoms with Crippen LogP contribution in [0.1, 0.15) is 38.0 Å². The molecule has 0 aliphatic heterocycles. The highest BCUT2D eigenvalue weighted by molar-refractivity contribution is 7.15. The van der Waals surface area contributed by atoms with Crippen molar-refractivity contribution in [3.8, 4) is 16.2 Å². The van der Waals surface area contributed by atoms with Gasteiger partial charge < -0.3 is 4.74 Å². The van der Waals surface area contributed by atoms with Crippen LogP contribution in [0.2, 0.25) is 0 Å². The van der Waals surface area contributed by atoms with Gasteiger partial charge in [-0.05, 0) is 44.0 Å². The van der Waals surface area contributed by atoms with Crippen LogP contribution in [0.4, 0.5) is 8.78 Å². The van der Waals surface area contributed by atoms with E-state index >= 15 is 0 Å². The summed E-state index contributed by atoms with van der Waals surface area (Å²) in [6.07, 6.45) is 4.51. The minimum Gasteiger partial charge on any atom is -0.491 e. The van der Waals surface area contributed by atoms with E-state index in [1.165, 1.54) is 35.1 Å². The van der Waals surface area contributed by atoms with Crippen LogP contribution in [-0.2, 0) is 6.42 Å². The van der Waals surface area contributed by atoms with Gasteiger partial charge in [0.05, 0.1) is 6.61 Å². The Labute approximate surface area is 128 Å². The monoisotopic (exact) mass is 310 g/mol. The van der Waals surface area contributed by atoms with E-state index in [4.69, 9.17) is 4.74 Å². The summed E-state index contributed by atoms with van der Waals surface area (Å²) in [5.41, 5.74) is 0.308. The zero-order chi connectivity index (χ0) is 15.2. The molecule has 1 nitrogen and oxygen atoms in total. The number of hydrogen-bond donors (Lipinski definition) is 0. The molecular formula is C17H20F2OS. The molecule has 0 saturated heterocycles. The van der Waals surface area contributed by atoms with Crippen molar-refractivity contribution >= 4 is 11.3 Å². The molecule has 1 heterocycles. The zero-order valence-corrected chi connectivity index (χ0v) is 13.2. The molecule has 1 aromatic heterocycles. The highest BCUT2D eigenvalue weighted by atomic mass is 32.1. The normalized spacial score (nSPS) is 10.9. The number of thiophene rings is 1. The maximum atomic E-state index is 14.1. The largest absolute Gasteiger partial charge is 0.491 e. The van der Waals surface area contributed by atoms with Gasteiger partial charge in [-0.3, -0.25) is 0 Å². The Morgan fingerprint density at radius 3 is 2.52 bits per heavy atom. The fraction of sp³-hybridized carbons (Fsp3) is 0.412. The van der Waals surface area contributed by atoms with E-state index in [1.807, 2.05) is 12.1 Å². The fourth-order valence-electron chi connectivity index (χ4n) is 2.20. The molecule has 0 aliphatic carbocycles. The van der Waals surface area contributed by atoms with E-state index in [9.17, 15) is 8.78 Å². The number of benzene rings is 1. The number of rotatable bonds is 7. The molecule has 0 bridgehead atoms. The summed E-state index contributed by atoms with van der Waals surface area (Å²) in [6.45, 7) is 4.22. The van der Waals surface area contributed by atoms with E-state index in [2.05, 4.69) is 6.92 Å². The predicted octanol–water partition coefficient (Wildman–Crippen LogP) is 5.82. The quantitative estimate of drug-likeness (QED) is 0.585. The Bertz CT molecular complexity index is 592. The second-order valence-corrected chi connectivity index (χ2v) is 6.06. The van der Waals surface area contributed by atoms with Crippen molar-refractivity contribution in [1.82, 2.24) is 0 Å². The standard InChI is InChI=1S/C17H20F2OS/c1-3-5-6-7-12-8-11-15(21-12)13-9-10-14(20-4-2)17(19)16(13)18/h8-11H,3-7H2,1-2H3. The van der Waals surface area contributed by atoms with Gasteiger partial charge >= 0.3 is 0 Å². The van der Waals surface area contributed by atoms with Crippen molar-refractivity contribution in [3.63, 3.8) is 0 Å². The Hall–Kier alpha value is -1.42. The molecule has 2 aromatic rings. The van der Waals surface area contributed by atoms with Crippen LogP contribution < -0.4 is 4.74 Å². The van der Waals surface area contributed by atoms with Gasteiger partial charge in [-0.2, -0.15) is 4.39 Å². The Balaban J connectivity index is 2.20. The minimum absolute atomic E-state index is 0.0292. The van der Waals surface area contributed by atoms with E-state index < -0.39 is 11.6 Å². The number of halogens is 2. The molecule has 0 atom stereocenters. The number of ether oxygens (including phenoxy) is 1. The van der Waals surface area contributed by atoms with Crippen molar-refractivity contribution in [3.05, 3.63) is 40.8 Å². The maximum absolute atomic E-state index is 14.1. The summed E-state index contributed by atoms with van der Waals surface area (Å²) in [7, 11) is 0. The average molecular weight is 310 g/mol. The van der Waals surface area contributed by atoms with E-state index in [1.54, 1.807) is 13.0 Å². The fourth-order valence-corrected chi connectivity index (χ4v) is 3.26. The lowest BCUT2D eigenvalue weighted by molar-refractivity contribution is 0.314. The van der Waals surface area contributed by atoms with Crippen LogP contribution in [-0.4, -0.2) is 6.61 Å². The summed E-state index contributed by atoms with van der Waals surface area (Å²) < 4.78 is 33.1. The molecule has 0 amide bonds. The molecule has 0 N–H and O–H groups in total. The molecule has 114 valence electrons. The maximum Gasteiger partial charge on any atom is 0.201 e. The Morgan fingerprint density at radius 2 is 1.81 bits per heavy atom. The first-order chi connectivity index (χ1) is 10.2. The smallest absolute Gasteiger partial charge is 0.201 e. The molecule has 0 aliphatic rings. The summed E-state index contributed by atoms with van der Waals surface area (Å²) in [4.78, 5) is 1.98. The summed E-state index contributed by atoms with van der Waals surface area (Å²) in [5, 5.41) is 0. The first-order valence-corrected chi connectivity index (χ1v) is 8.18. The van der Waals surface area contributed by atoms with Gasteiger partial charge in [0.2, 0.25) is 5.82 Å². The molecule has 4 heteroatoms. The molecule has 0 unspecified atom stereocenters. The van der Waals surface area contributed by atoms with E-state index in [0.29, 0.717) is 12.2 Å². The third-order valence-corrected chi connectivity index (χ3v) is 4.48. The SMILES string of the molecule is CCCCCc1ccc(-c2ccc(OCC)c(F)c2F)s1. The lowest BCUT2D eigenvalue weighted by Crippen LogP contribution is -1.98. The molecule has 0 spiro atoms. The molecule has 0 radical (unpaired) electrons. The molecule has 1 aromatic carbocycles. The second-order valence-electron chi connectivity index (χ2n) is 4.90. The van der Waals surface area contributed by atoms with E-state index in [-0.39, 0.29) is 5.75 Å². The third kappa shape index (κ3) is 3.82. The van der Waals surface area contributed by atoms with Crippen molar-refractivity contribution < 1.29 is 13.5 Å². The van der Waals surface area contributed by atoms with Crippen LogP contribution >= 0.6 is 11.3 Å². The molecule has 2 rings (SSSR count). The first-order valence-electron chi connectivity index (χ1n) is 7.37. The first kappa shape index (κ1) is 16.0. The lowest BCUT2D eigenvalue weighted by Gasteiger charge is -2.07. The van der Waals surface area contributed by atoms with Crippen LogP contribution in [0.5, 0.6) is 5.75 Å². The van der Waals surface area contributed by atoms with Crippen molar-refractivity contribution in [2.24, 2.45) is 0 Å². The van der Waals surface area contributed by atoms with E-state index in [0.717, 1.165) is 17.7 Å².